The molecule has 2 aromatic carbocycles. The maximum Gasteiger partial charge on any atom is 0.254 e. The molecule has 218 valence electrons. The number of carbonyl (C=O) groups excluding carboxylic acids is 1. The summed E-state index contributed by atoms with van der Waals surface area (Å²) >= 11 is 0. The van der Waals surface area contributed by atoms with Crippen molar-refractivity contribution >= 4 is 29.4 Å². The van der Waals surface area contributed by atoms with Crippen molar-refractivity contribution < 1.29 is 23.4 Å². The van der Waals surface area contributed by atoms with Gasteiger partial charge in [-0.1, -0.05) is 6.07 Å². The lowest BCUT2D eigenvalue weighted by Crippen LogP contribution is -2.38. The Labute approximate surface area is 250 Å². The van der Waals surface area contributed by atoms with Gasteiger partial charge in [-0.15, -0.1) is 12.4 Å². The molecule has 4 aromatic rings. The number of methoxy groups -OCH3 is 1. The molecule has 0 spiro atoms. The molecule has 2 aliphatic heterocycles. The number of amides is 1. The Morgan fingerprint density at radius 1 is 1.07 bits per heavy atom. The molecule has 9 nitrogen and oxygen atoms in total. The van der Waals surface area contributed by atoms with E-state index in [1.165, 1.54) is 0 Å². The average molecular weight is 589 g/mol. The minimum absolute atomic E-state index is 0. The number of hydrogen-bond acceptors (Lipinski definition) is 8. The van der Waals surface area contributed by atoms with Gasteiger partial charge in [0.25, 0.3) is 5.91 Å². The van der Waals surface area contributed by atoms with Crippen LogP contribution >= 0.6 is 12.4 Å². The number of nitrogens with one attached hydrogen (secondary N) is 1. The van der Waals surface area contributed by atoms with E-state index in [1.54, 1.807) is 30.3 Å². The van der Waals surface area contributed by atoms with E-state index >= 15 is 0 Å². The molecule has 10 heteroatoms. The monoisotopic (exact) mass is 588 g/mol. The standard InChI is InChI=1S/C32H32N4O5.ClH/c1-36(23-7-11-34-19-23)32(37)21-3-5-26(29(16-21)38-2)30-17-27-31(41-30)25(8-12-35-27)20-4-6-28(22(15-20)18-33)40-24-9-13-39-14-10-24;/h3-6,8,12,15-17,23-24,34H,7,9-11,13-14,19H2,1-2H3;1H. The van der Waals surface area contributed by atoms with Gasteiger partial charge >= 0.3 is 0 Å². The SMILES string of the molecule is COc1cc(C(=O)N(C)C2CCNC2)ccc1-c1cc2nccc(-c3ccc(OC4CCOCC4)c(C#N)c3)c2o1.Cl. The van der Waals surface area contributed by atoms with Gasteiger partial charge in [0.1, 0.15) is 34.9 Å². The van der Waals surface area contributed by atoms with Gasteiger partial charge in [0, 0.05) is 55.9 Å². The second-order valence-corrected chi connectivity index (χ2v) is 10.4. The van der Waals surface area contributed by atoms with Crippen molar-refractivity contribution in [1.82, 2.24) is 15.2 Å². The Morgan fingerprint density at radius 3 is 2.64 bits per heavy atom. The molecule has 0 bridgehead atoms. The summed E-state index contributed by atoms with van der Waals surface area (Å²) in [6.07, 6.45) is 4.31. The summed E-state index contributed by atoms with van der Waals surface area (Å²) in [6, 6.07) is 17.2. The van der Waals surface area contributed by atoms with Crippen molar-refractivity contribution in [1.29, 1.82) is 5.26 Å². The Morgan fingerprint density at radius 2 is 1.90 bits per heavy atom. The number of rotatable bonds is 7. The molecule has 2 aromatic heterocycles. The number of benzene rings is 2. The van der Waals surface area contributed by atoms with Gasteiger partial charge in [0.05, 0.1) is 31.5 Å². The summed E-state index contributed by atoms with van der Waals surface area (Å²) in [5, 5.41) is 13.2. The van der Waals surface area contributed by atoms with Crippen LogP contribution in [0.4, 0.5) is 0 Å². The average Bonchev–Trinajstić information content (AvgIpc) is 3.71. The molecule has 1 unspecified atom stereocenters. The van der Waals surface area contributed by atoms with Gasteiger partial charge in [-0.2, -0.15) is 5.26 Å². The predicted molar refractivity (Wildman–Crippen MR) is 161 cm³/mol. The fourth-order valence-corrected chi connectivity index (χ4v) is 5.53. The molecule has 1 amide bonds. The maximum absolute atomic E-state index is 13.1. The summed E-state index contributed by atoms with van der Waals surface area (Å²) in [6.45, 7) is 3.05. The van der Waals surface area contributed by atoms with Crippen molar-refractivity contribution in [3.63, 3.8) is 0 Å². The van der Waals surface area contributed by atoms with Crippen molar-refractivity contribution in [2.45, 2.75) is 31.4 Å². The number of aromatic nitrogens is 1. The Hall–Kier alpha value is -4.10. The first kappa shape index (κ1) is 29.4. The van der Waals surface area contributed by atoms with Gasteiger partial charge in [-0.05, 0) is 54.9 Å². The smallest absolute Gasteiger partial charge is 0.254 e. The van der Waals surface area contributed by atoms with Crippen LogP contribution in [0, 0.1) is 11.3 Å². The predicted octanol–water partition coefficient (Wildman–Crippen LogP) is 5.46. The fraction of sp³-hybridized carbons (Fsp3) is 0.344. The highest BCUT2D eigenvalue weighted by Crippen LogP contribution is 2.38. The van der Waals surface area contributed by atoms with E-state index in [0.717, 1.165) is 49.0 Å². The first-order valence-electron chi connectivity index (χ1n) is 13.9. The first-order valence-corrected chi connectivity index (χ1v) is 13.9. The molecule has 1 atom stereocenters. The van der Waals surface area contributed by atoms with Crippen LogP contribution in [0.25, 0.3) is 33.6 Å². The van der Waals surface area contributed by atoms with E-state index in [4.69, 9.17) is 18.6 Å². The highest BCUT2D eigenvalue weighted by Gasteiger charge is 2.25. The zero-order chi connectivity index (χ0) is 28.3. The number of halogens is 1. The zero-order valence-electron chi connectivity index (χ0n) is 23.6. The fourth-order valence-electron chi connectivity index (χ4n) is 5.53. The Bertz CT molecular complexity index is 1620. The summed E-state index contributed by atoms with van der Waals surface area (Å²) < 4.78 is 23.6. The van der Waals surface area contributed by atoms with Crippen LogP contribution in [0.15, 0.2) is 59.1 Å². The lowest BCUT2D eigenvalue weighted by molar-refractivity contribution is 0.0254. The maximum atomic E-state index is 13.1. The zero-order valence-corrected chi connectivity index (χ0v) is 24.4. The number of hydrogen-bond donors (Lipinski definition) is 1. The van der Waals surface area contributed by atoms with Crippen LogP contribution in [0.5, 0.6) is 11.5 Å². The molecule has 0 radical (unpaired) electrons. The van der Waals surface area contributed by atoms with Crippen LogP contribution in [0.1, 0.15) is 35.2 Å². The normalized spacial score (nSPS) is 16.9. The summed E-state index contributed by atoms with van der Waals surface area (Å²) in [4.78, 5) is 19.5. The highest BCUT2D eigenvalue weighted by molar-refractivity contribution is 5.97. The lowest BCUT2D eigenvalue weighted by atomic mass is 10.0. The first-order chi connectivity index (χ1) is 20.1. The van der Waals surface area contributed by atoms with E-state index in [9.17, 15) is 10.1 Å². The number of nitrogens with zero attached hydrogens (tertiary/aromatic N) is 3. The van der Waals surface area contributed by atoms with Crippen molar-refractivity contribution in [3.05, 3.63) is 65.9 Å². The Balaban J connectivity index is 0.00000353. The summed E-state index contributed by atoms with van der Waals surface area (Å²) in [5.74, 6) is 1.64. The summed E-state index contributed by atoms with van der Waals surface area (Å²) in [7, 11) is 3.42. The van der Waals surface area contributed by atoms with Crippen molar-refractivity contribution in [3.8, 4) is 40.0 Å². The molecule has 2 saturated heterocycles. The number of furan rings is 1. The molecule has 42 heavy (non-hydrogen) atoms. The molecule has 0 aliphatic carbocycles. The topological polar surface area (TPSA) is 110 Å². The number of nitriles is 1. The number of pyridine rings is 1. The van der Waals surface area contributed by atoms with E-state index in [-0.39, 0.29) is 30.5 Å². The lowest BCUT2D eigenvalue weighted by Gasteiger charge is -2.24. The molecule has 6 rings (SSSR count). The third-order valence-corrected chi connectivity index (χ3v) is 7.90. The van der Waals surface area contributed by atoms with Gasteiger partial charge in [-0.3, -0.25) is 9.78 Å². The number of ether oxygens (including phenoxy) is 3. The van der Waals surface area contributed by atoms with Crippen LogP contribution in [0.2, 0.25) is 0 Å². The molecular weight excluding hydrogens is 556 g/mol. The van der Waals surface area contributed by atoms with Gasteiger partial charge in [0.2, 0.25) is 0 Å². The largest absolute Gasteiger partial charge is 0.496 e. The van der Waals surface area contributed by atoms with E-state index in [0.29, 0.717) is 52.7 Å². The van der Waals surface area contributed by atoms with Crippen LogP contribution < -0.4 is 14.8 Å². The molecule has 1 N–H and O–H groups in total. The van der Waals surface area contributed by atoms with Crippen LogP contribution in [0.3, 0.4) is 0 Å². The third kappa shape index (κ3) is 5.79. The Kier molecular flexibility index (Phi) is 8.97. The van der Waals surface area contributed by atoms with E-state index < -0.39 is 0 Å². The molecule has 4 heterocycles. The van der Waals surface area contributed by atoms with E-state index in [1.807, 2.05) is 43.4 Å². The molecular formula is C32H33ClN4O5. The second-order valence-electron chi connectivity index (χ2n) is 10.4. The molecule has 2 aliphatic rings. The second kappa shape index (κ2) is 12.8. The highest BCUT2D eigenvalue weighted by atomic mass is 35.5. The van der Waals surface area contributed by atoms with Gasteiger partial charge < -0.3 is 28.8 Å². The van der Waals surface area contributed by atoms with Crippen molar-refractivity contribution in [2.75, 3.05) is 40.5 Å². The quantitative estimate of drug-likeness (QED) is 0.303. The van der Waals surface area contributed by atoms with Crippen LogP contribution in [-0.4, -0.2) is 68.4 Å². The summed E-state index contributed by atoms with van der Waals surface area (Å²) in [5.41, 5.74) is 4.65. The molecule has 0 saturated carbocycles. The third-order valence-electron chi connectivity index (χ3n) is 7.90. The van der Waals surface area contributed by atoms with Crippen LogP contribution in [-0.2, 0) is 4.74 Å². The molecule has 2 fully saturated rings. The minimum Gasteiger partial charge on any atom is -0.496 e. The van der Waals surface area contributed by atoms with Crippen molar-refractivity contribution in [2.24, 2.45) is 0 Å². The number of carbonyl (C=O) groups is 1. The minimum atomic E-state index is -0.0466. The van der Waals surface area contributed by atoms with Gasteiger partial charge in [-0.25, -0.2) is 0 Å². The van der Waals surface area contributed by atoms with E-state index in [2.05, 4.69) is 16.4 Å². The number of likely N-dealkylation sites (N-methyl/N-ethyl adjacent to an activating group) is 1. The van der Waals surface area contributed by atoms with Gasteiger partial charge in [0.15, 0.2) is 5.58 Å². The number of fused-ring (bicyclic) bond motifs is 1.